The minimum absolute atomic E-state index is 0.134. The highest BCUT2D eigenvalue weighted by atomic mass is 16.5. The van der Waals surface area contributed by atoms with Gasteiger partial charge in [0.05, 0.1) is 7.11 Å². The van der Waals surface area contributed by atoms with Crippen LogP contribution in [0.15, 0.2) is 12.7 Å². The van der Waals surface area contributed by atoms with Gasteiger partial charge in [0.1, 0.15) is 5.92 Å². The summed E-state index contributed by atoms with van der Waals surface area (Å²) >= 11 is 0. The first-order chi connectivity index (χ1) is 5.70. The molecule has 0 aromatic carbocycles. The minimum atomic E-state index is -0.701. The van der Waals surface area contributed by atoms with Gasteiger partial charge in [-0.3, -0.25) is 9.59 Å². The van der Waals surface area contributed by atoms with E-state index in [2.05, 4.69) is 16.6 Å². The summed E-state index contributed by atoms with van der Waals surface area (Å²) in [5, 5.41) is 2.57. The summed E-state index contributed by atoms with van der Waals surface area (Å²) in [6.07, 6.45) is 1.60. The molecule has 4 nitrogen and oxygen atoms in total. The summed E-state index contributed by atoms with van der Waals surface area (Å²) in [7, 11) is 1.27. The molecule has 0 aliphatic carbocycles. The second-order valence-electron chi connectivity index (χ2n) is 2.65. The first kappa shape index (κ1) is 8.77. The van der Waals surface area contributed by atoms with Crippen molar-refractivity contribution in [2.45, 2.75) is 0 Å². The number of nitrogens with one attached hydrogen (secondary N) is 1. The highest BCUT2D eigenvalue weighted by Crippen LogP contribution is 2.19. The van der Waals surface area contributed by atoms with Crippen molar-refractivity contribution in [3.05, 3.63) is 12.7 Å². The molecule has 1 N–H and O–H groups in total. The first-order valence-electron chi connectivity index (χ1n) is 3.68. The molecule has 1 amide bonds. The molecule has 1 rings (SSSR count). The molecule has 4 heteroatoms. The van der Waals surface area contributed by atoms with E-state index in [1.807, 2.05) is 0 Å². The average Bonchev–Trinajstić information content (AvgIpc) is 2.45. The van der Waals surface area contributed by atoms with E-state index < -0.39 is 11.9 Å². The maximum absolute atomic E-state index is 11.1. The van der Waals surface area contributed by atoms with Gasteiger partial charge in [0, 0.05) is 12.5 Å². The van der Waals surface area contributed by atoms with Gasteiger partial charge < -0.3 is 10.1 Å². The van der Waals surface area contributed by atoms with Crippen LogP contribution in [0.5, 0.6) is 0 Å². The summed E-state index contributed by atoms with van der Waals surface area (Å²) in [4.78, 5) is 22.1. The van der Waals surface area contributed by atoms with Crippen molar-refractivity contribution in [1.29, 1.82) is 0 Å². The highest BCUT2D eigenvalue weighted by molar-refractivity contribution is 5.99. The molecule has 0 saturated carbocycles. The van der Waals surface area contributed by atoms with E-state index in [9.17, 15) is 9.59 Å². The minimum Gasteiger partial charge on any atom is -0.468 e. The van der Waals surface area contributed by atoms with Crippen LogP contribution in [0.4, 0.5) is 0 Å². The monoisotopic (exact) mass is 169 g/mol. The Morgan fingerprint density at radius 1 is 1.83 bits per heavy atom. The van der Waals surface area contributed by atoms with E-state index in [1.54, 1.807) is 6.08 Å². The molecule has 0 bridgehead atoms. The van der Waals surface area contributed by atoms with E-state index >= 15 is 0 Å². The Balaban J connectivity index is 2.76. The second-order valence-corrected chi connectivity index (χ2v) is 2.65. The zero-order valence-electron chi connectivity index (χ0n) is 6.87. The lowest BCUT2D eigenvalue weighted by Gasteiger charge is -2.08. The van der Waals surface area contributed by atoms with Crippen LogP contribution in [0, 0.1) is 11.8 Å². The Labute approximate surface area is 70.6 Å². The summed E-state index contributed by atoms with van der Waals surface area (Å²) in [5.41, 5.74) is 0. The van der Waals surface area contributed by atoms with Gasteiger partial charge in [0.15, 0.2) is 0 Å². The van der Waals surface area contributed by atoms with Crippen molar-refractivity contribution in [2.75, 3.05) is 13.7 Å². The number of hydrogen-bond donors (Lipinski definition) is 1. The number of hydrogen-bond acceptors (Lipinski definition) is 3. The molecular formula is C8H11NO3. The standard InChI is InChI=1S/C8H11NO3/c1-3-5-4-9-7(10)6(5)8(11)12-2/h3,5-6H,1,4H2,2H3,(H,9,10). The highest BCUT2D eigenvalue weighted by Gasteiger charge is 2.39. The number of methoxy groups -OCH3 is 1. The summed E-state index contributed by atoms with van der Waals surface area (Å²) < 4.78 is 4.49. The summed E-state index contributed by atoms with van der Waals surface area (Å²) in [6, 6.07) is 0. The molecule has 1 aliphatic heterocycles. The van der Waals surface area contributed by atoms with Gasteiger partial charge in [-0.2, -0.15) is 0 Å². The van der Waals surface area contributed by atoms with Crippen molar-refractivity contribution in [2.24, 2.45) is 11.8 Å². The fourth-order valence-electron chi connectivity index (χ4n) is 1.27. The molecule has 0 spiro atoms. The SMILES string of the molecule is C=CC1CNC(=O)C1C(=O)OC. The number of ether oxygens (including phenoxy) is 1. The van der Waals surface area contributed by atoms with E-state index in [0.29, 0.717) is 6.54 Å². The number of carbonyl (C=O) groups is 2. The molecular weight excluding hydrogens is 158 g/mol. The average molecular weight is 169 g/mol. The maximum Gasteiger partial charge on any atom is 0.318 e. The Hall–Kier alpha value is -1.32. The topological polar surface area (TPSA) is 55.4 Å². The molecule has 1 fully saturated rings. The molecule has 66 valence electrons. The third kappa shape index (κ3) is 1.32. The van der Waals surface area contributed by atoms with Gasteiger partial charge in [-0.25, -0.2) is 0 Å². The van der Waals surface area contributed by atoms with Gasteiger partial charge in [-0.15, -0.1) is 6.58 Å². The van der Waals surface area contributed by atoms with Crippen LogP contribution in [0.3, 0.4) is 0 Å². The molecule has 12 heavy (non-hydrogen) atoms. The predicted octanol–water partition coefficient (Wildman–Crippen LogP) is -0.292. The molecule has 1 saturated heterocycles. The van der Waals surface area contributed by atoms with Crippen molar-refractivity contribution in [3.63, 3.8) is 0 Å². The fourth-order valence-corrected chi connectivity index (χ4v) is 1.27. The van der Waals surface area contributed by atoms with E-state index in [4.69, 9.17) is 0 Å². The Morgan fingerprint density at radius 3 is 3.00 bits per heavy atom. The Kier molecular flexibility index (Phi) is 2.47. The normalized spacial score (nSPS) is 27.9. The molecule has 1 heterocycles. The van der Waals surface area contributed by atoms with Crippen molar-refractivity contribution in [3.8, 4) is 0 Å². The van der Waals surface area contributed by atoms with Crippen LogP contribution in [0.1, 0.15) is 0 Å². The Morgan fingerprint density at radius 2 is 2.50 bits per heavy atom. The van der Waals surface area contributed by atoms with Crippen LogP contribution < -0.4 is 5.32 Å². The molecule has 0 aromatic heterocycles. The van der Waals surface area contributed by atoms with Crippen molar-refractivity contribution < 1.29 is 14.3 Å². The van der Waals surface area contributed by atoms with E-state index in [0.717, 1.165) is 0 Å². The largest absolute Gasteiger partial charge is 0.468 e. The van der Waals surface area contributed by atoms with E-state index in [1.165, 1.54) is 7.11 Å². The van der Waals surface area contributed by atoms with Crippen molar-refractivity contribution in [1.82, 2.24) is 5.32 Å². The number of esters is 1. The smallest absolute Gasteiger partial charge is 0.318 e. The van der Waals surface area contributed by atoms with Crippen LogP contribution in [-0.2, 0) is 14.3 Å². The van der Waals surface area contributed by atoms with Gasteiger partial charge in [-0.1, -0.05) is 6.08 Å². The zero-order chi connectivity index (χ0) is 9.14. The first-order valence-corrected chi connectivity index (χ1v) is 3.68. The van der Waals surface area contributed by atoms with Gasteiger partial charge in [-0.05, 0) is 0 Å². The third-order valence-corrected chi connectivity index (χ3v) is 1.98. The number of rotatable bonds is 2. The van der Waals surface area contributed by atoms with Gasteiger partial charge in [0.25, 0.3) is 0 Å². The van der Waals surface area contributed by atoms with Crippen LogP contribution >= 0.6 is 0 Å². The predicted molar refractivity (Wildman–Crippen MR) is 42.2 cm³/mol. The lowest BCUT2D eigenvalue weighted by atomic mass is 9.96. The zero-order valence-corrected chi connectivity index (χ0v) is 6.87. The fraction of sp³-hybridized carbons (Fsp3) is 0.500. The van der Waals surface area contributed by atoms with Gasteiger partial charge >= 0.3 is 5.97 Å². The Bertz CT molecular complexity index is 224. The number of carbonyl (C=O) groups excluding carboxylic acids is 2. The molecule has 0 radical (unpaired) electrons. The maximum atomic E-state index is 11.1. The molecule has 1 aliphatic rings. The van der Waals surface area contributed by atoms with Crippen LogP contribution in [0.25, 0.3) is 0 Å². The van der Waals surface area contributed by atoms with Crippen molar-refractivity contribution >= 4 is 11.9 Å². The van der Waals surface area contributed by atoms with Crippen LogP contribution in [-0.4, -0.2) is 25.5 Å². The van der Waals surface area contributed by atoms with E-state index in [-0.39, 0.29) is 11.8 Å². The second kappa shape index (κ2) is 3.38. The lowest BCUT2D eigenvalue weighted by Crippen LogP contribution is -2.28. The number of amides is 1. The summed E-state index contributed by atoms with van der Waals surface area (Å²) in [5.74, 6) is -1.60. The lowest BCUT2D eigenvalue weighted by molar-refractivity contribution is -0.149. The van der Waals surface area contributed by atoms with Gasteiger partial charge in [0.2, 0.25) is 5.91 Å². The molecule has 2 atom stereocenters. The quantitative estimate of drug-likeness (QED) is 0.351. The third-order valence-electron chi connectivity index (χ3n) is 1.98. The molecule has 0 aromatic rings. The molecule has 2 unspecified atom stereocenters. The van der Waals surface area contributed by atoms with Crippen LogP contribution in [0.2, 0.25) is 0 Å². The summed E-state index contributed by atoms with van der Waals surface area (Å²) in [6.45, 7) is 4.02.